The third-order valence-electron chi connectivity index (χ3n) is 2.40. The average Bonchev–Trinajstić information content (AvgIpc) is 2.36. The van der Waals surface area contributed by atoms with Gasteiger partial charge in [-0.15, -0.1) is 0 Å². The van der Waals surface area contributed by atoms with E-state index in [1.807, 2.05) is 6.07 Å². The molecule has 0 aliphatic heterocycles. The fourth-order valence-electron chi connectivity index (χ4n) is 0.985. The topological polar surface area (TPSA) is 63.0 Å². The third kappa shape index (κ3) is 3.84. The highest BCUT2D eigenvalue weighted by Crippen LogP contribution is 2.19. The Labute approximate surface area is 105 Å². The molecule has 1 rings (SSSR count). The predicted octanol–water partition coefficient (Wildman–Crippen LogP) is 2.04. The molecule has 0 bridgehead atoms. The number of carbonyl (C=O) groups is 1. The number of ketones is 1. The largest absolute Gasteiger partial charge is 0.371 e. The van der Waals surface area contributed by atoms with Crippen molar-refractivity contribution in [2.45, 2.75) is 24.5 Å². The molecule has 5 heteroatoms. The molecule has 0 saturated heterocycles. The van der Waals surface area contributed by atoms with E-state index in [-0.39, 0.29) is 11.5 Å². The Morgan fingerprint density at radius 1 is 1.65 bits per heavy atom. The van der Waals surface area contributed by atoms with E-state index in [2.05, 4.69) is 4.98 Å². The van der Waals surface area contributed by atoms with Gasteiger partial charge >= 0.3 is 0 Å². The van der Waals surface area contributed by atoms with Gasteiger partial charge in [-0.1, -0.05) is 11.8 Å². The Morgan fingerprint density at radius 2 is 2.35 bits per heavy atom. The normalized spacial score (nSPS) is 10.9. The van der Waals surface area contributed by atoms with E-state index < -0.39 is 5.60 Å². The van der Waals surface area contributed by atoms with Gasteiger partial charge < -0.3 is 4.74 Å². The van der Waals surface area contributed by atoms with Gasteiger partial charge in [-0.2, -0.15) is 5.26 Å². The molecule has 0 spiro atoms. The number of thioether (sulfide) groups is 1. The fourth-order valence-corrected chi connectivity index (χ4v) is 1.96. The number of carbonyl (C=O) groups excluding carboxylic acids is 1. The van der Waals surface area contributed by atoms with Gasteiger partial charge in [0.2, 0.25) is 0 Å². The van der Waals surface area contributed by atoms with Crippen molar-refractivity contribution in [2.24, 2.45) is 0 Å². The van der Waals surface area contributed by atoms with Gasteiger partial charge in [-0.3, -0.25) is 4.79 Å². The second-order valence-electron chi connectivity index (χ2n) is 3.92. The predicted molar refractivity (Wildman–Crippen MR) is 65.8 cm³/mol. The van der Waals surface area contributed by atoms with Crippen LogP contribution in [0.2, 0.25) is 0 Å². The molecule has 4 nitrogen and oxygen atoms in total. The van der Waals surface area contributed by atoms with Crippen LogP contribution in [0.5, 0.6) is 0 Å². The summed E-state index contributed by atoms with van der Waals surface area (Å²) in [5.41, 5.74) is -0.235. The Balaban J connectivity index is 2.62. The van der Waals surface area contributed by atoms with E-state index in [0.29, 0.717) is 10.6 Å². The molecule has 0 fully saturated rings. The Kier molecular flexibility index (Phi) is 4.67. The summed E-state index contributed by atoms with van der Waals surface area (Å²) in [5, 5.41) is 9.40. The minimum Gasteiger partial charge on any atom is -0.371 e. The number of nitrogens with zero attached hydrogens (tertiary/aromatic N) is 2. The van der Waals surface area contributed by atoms with Crippen molar-refractivity contribution in [3.05, 3.63) is 23.9 Å². The van der Waals surface area contributed by atoms with Crippen molar-refractivity contribution < 1.29 is 9.53 Å². The van der Waals surface area contributed by atoms with Crippen molar-refractivity contribution in [1.29, 1.82) is 5.26 Å². The number of methoxy groups -OCH3 is 1. The first kappa shape index (κ1) is 13.7. The first-order valence-electron chi connectivity index (χ1n) is 5.07. The van der Waals surface area contributed by atoms with Gasteiger partial charge in [0.05, 0.1) is 22.4 Å². The van der Waals surface area contributed by atoms with Crippen LogP contribution in [-0.2, 0) is 9.53 Å². The van der Waals surface area contributed by atoms with Gasteiger partial charge in [0.15, 0.2) is 5.78 Å². The third-order valence-corrected chi connectivity index (χ3v) is 3.32. The molecule has 1 aromatic rings. The zero-order valence-electron chi connectivity index (χ0n) is 10.1. The van der Waals surface area contributed by atoms with Crippen molar-refractivity contribution >= 4 is 17.5 Å². The molecular weight excluding hydrogens is 236 g/mol. The zero-order valence-corrected chi connectivity index (χ0v) is 10.9. The lowest BCUT2D eigenvalue weighted by atomic mass is 10.1. The molecule has 1 aromatic heterocycles. The average molecular weight is 250 g/mol. The quantitative estimate of drug-likeness (QED) is 0.748. The Morgan fingerprint density at radius 3 is 2.94 bits per heavy atom. The van der Waals surface area contributed by atoms with E-state index in [4.69, 9.17) is 10.00 Å². The van der Waals surface area contributed by atoms with E-state index in [0.717, 1.165) is 0 Å². The molecule has 0 radical (unpaired) electrons. The highest BCUT2D eigenvalue weighted by Gasteiger charge is 2.26. The van der Waals surface area contributed by atoms with E-state index >= 15 is 0 Å². The van der Waals surface area contributed by atoms with Crippen LogP contribution in [0.25, 0.3) is 0 Å². The van der Waals surface area contributed by atoms with Gasteiger partial charge in [0, 0.05) is 13.3 Å². The van der Waals surface area contributed by atoms with Crippen LogP contribution < -0.4 is 0 Å². The summed E-state index contributed by atoms with van der Waals surface area (Å²) < 4.78 is 5.10. The number of hydrogen-bond acceptors (Lipinski definition) is 5. The lowest BCUT2D eigenvalue weighted by molar-refractivity contribution is -0.134. The summed E-state index contributed by atoms with van der Waals surface area (Å²) in [4.78, 5) is 15.9. The first-order valence-corrected chi connectivity index (χ1v) is 6.05. The second kappa shape index (κ2) is 5.80. The maximum Gasteiger partial charge on any atom is 0.174 e. The minimum atomic E-state index is -0.778. The Hall–Kier alpha value is -1.38. The van der Waals surface area contributed by atoms with Crippen molar-refractivity contribution in [1.82, 2.24) is 4.98 Å². The fraction of sp³-hybridized carbons (Fsp3) is 0.417. The maximum atomic E-state index is 11.8. The molecule has 1 heterocycles. The van der Waals surface area contributed by atoms with Crippen molar-refractivity contribution in [2.75, 3.05) is 12.9 Å². The van der Waals surface area contributed by atoms with Crippen LogP contribution in [0, 0.1) is 11.3 Å². The molecule has 0 N–H and O–H groups in total. The first-order chi connectivity index (χ1) is 7.99. The number of aromatic nitrogens is 1. The number of nitriles is 1. The highest BCUT2D eigenvalue weighted by molar-refractivity contribution is 7.99. The summed E-state index contributed by atoms with van der Waals surface area (Å²) in [7, 11) is 1.51. The second-order valence-corrected chi connectivity index (χ2v) is 4.92. The highest BCUT2D eigenvalue weighted by atomic mass is 32.2. The number of pyridine rings is 1. The molecule has 17 heavy (non-hydrogen) atoms. The van der Waals surface area contributed by atoms with Crippen LogP contribution in [-0.4, -0.2) is 29.2 Å². The summed E-state index contributed by atoms with van der Waals surface area (Å²) in [6.45, 7) is 3.46. The van der Waals surface area contributed by atoms with E-state index in [9.17, 15) is 4.79 Å². The molecular formula is C12H14N2O2S. The monoisotopic (exact) mass is 250 g/mol. The minimum absolute atomic E-state index is 0.00541. The number of hydrogen-bond donors (Lipinski definition) is 0. The summed E-state index contributed by atoms with van der Waals surface area (Å²) in [6.07, 6.45) is 1.56. The van der Waals surface area contributed by atoms with Crippen molar-refractivity contribution in [3.63, 3.8) is 0 Å². The SMILES string of the molecule is COC(C)(C)C(=O)CSc1cc(C#N)ccn1. The molecule has 0 amide bonds. The van der Waals surface area contributed by atoms with Crippen LogP contribution >= 0.6 is 11.8 Å². The zero-order chi connectivity index (χ0) is 12.9. The molecule has 0 atom stereocenters. The summed E-state index contributed by atoms with van der Waals surface area (Å²) in [5.74, 6) is 0.275. The lowest BCUT2D eigenvalue weighted by Gasteiger charge is -2.20. The smallest absolute Gasteiger partial charge is 0.174 e. The van der Waals surface area contributed by atoms with Gasteiger partial charge in [-0.05, 0) is 26.0 Å². The van der Waals surface area contributed by atoms with Crippen LogP contribution in [0.4, 0.5) is 0 Å². The molecule has 0 aromatic carbocycles. The molecule has 0 aliphatic rings. The molecule has 0 saturated carbocycles. The van der Waals surface area contributed by atoms with Crippen LogP contribution in [0.3, 0.4) is 0 Å². The van der Waals surface area contributed by atoms with E-state index in [1.165, 1.54) is 18.9 Å². The molecule has 0 aliphatic carbocycles. The number of Topliss-reactive ketones (excluding diaryl/α,β-unsaturated/α-hetero) is 1. The lowest BCUT2D eigenvalue weighted by Crippen LogP contribution is -2.35. The van der Waals surface area contributed by atoms with Crippen LogP contribution in [0.15, 0.2) is 23.4 Å². The molecule has 90 valence electrons. The maximum absolute atomic E-state index is 11.8. The number of rotatable bonds is 5. The Bertz CT molecular complexity index is 452. The standard InChI is InChI=1S/C12H14N2O2S/c1-12(2,16-3)10(15)8-17-11-6-9(7-13)4-5-14-11/h4-6H,8H2,1-3H3. The van der Waals surface area contributed by atoms with E-state index in [1.54, 1.807) is 32.2 Å². The summed E-state index contributed by atoms with van der Waals surface area (Å²) >= 11 is 1.31. The van der Waals surface area contributed by atoms with Gasteiger partial charge in [0.1, 0.15) is 5.60 Å². The number of ether oxygens (including phenoxy) is 1. The molecule has 0 unspecified atom stereocenters. The van der Waals surface area contributed by atoms with Crippen LogP contribution in [0.1, 0.15) is 19.4 Å². The summed E-state index contributed by atoms with van der Waals surface area (Å²) in [6, 6.07) is 5.33. The van der Waals surface area contributed by atoms with Gasteiger partial charge in [0.25, 0.3) is 0 Å². The van der Waals surface area contributed by atoms with Crippen molar-refractivity contribution in [3.8, 4) is 6.07 Å². The van der Waals surface area contributed by atoms with Gasteiger partial charge in [-0.25, -0.2) is 4.98 Å².